The first-order valence-corrected chi connectivity index (χ1v) is 9.48. The summed E-state index contributed by atoms with van der Waals surface area (Å²) >= 11 is 0. The van der Waals surface area contributed by atoms with Crippen LogP contribution in [0.25, 0.3) is 16.6 Å². The van der Waals surface area contributed by atoms with Crippen molar-refractivity contribution in [2.24, 2.45) is 5.92 Å². The molecule has 2 N–H and O–H groups in total. The molecule has 2 atom stereocenters. The van der Waals surface area contributed by atoms with Crippen molar-refractivity contribution in [3.8, 4) is 5.69 Å². The van der Waals surface area contributed by atoms with Gasteiger partial charge in [0.05, 0.1) is 0 Å². The number of hydrogen-bond donors (Lipinski definition) is 2. The van der Waals surface area contributed by atoms with Gasteiger partial charge in [0.2, 0.25) is 0 Å². The van der Waals surface area contributed by atoms with E-state index in [1.165, 1.54) is 35.0 Å². The molecule has 0 spiro atoms. The highest BCUT2D eigenvalue weighted by atomic mass is 15.2. The number of benzene rings is 1. The Balaban J connectivity index is 1.40. The molecule has 0 aliphatic carbocycles. The van der Waals surface area contributed by atoms with Gasteiger partial charge in [0, 0.05) is 59.7 Å². The molecule has 4 heterocycles. The van der Waals surface area contributed by atoms with Crippen molar-refractivity contribution in [3.05, 3.63) is 54.5 Å². The maximum absolute atomic E-state index is 3.91. The van der Waals surface area contributed by atoms with E-state index in [1.807, 2.05) is 4.57 Å². The van der Waals surface area contributed by atoms with Gasteiger partial charge in [-0.15, -0.1) is 10.2 Å². The van der Waals surface area contributed by atoms with Gasteiger partial charge < -0.3 is 15.2 Å². The average Bonchev–Trinajstić information content (AvgIpc) is 3.42. The molecule has 2 aromatic heterocycles. The molecule has 1 aromatic carbocycles. The summed E-state index contributed by atoms with van der Waals surface area (Å²) in [6.07, 6.45) is 11.4. The number of fused-ring (bicyclic) bond motifs is 2. The molecule has 6 heteroatoms. The van der Waals surface area contributed by atoms with E-state index in [9.17, 15) is 0 Å². The normalized spacial score (nSPS) is 21.9. The first-order chi connectivity index (χ1) is 12.8. The van der Waals surface area contributed by atoms with Gasteiger partial charge in [-0.1, -0.05) is 6.92 Å². The van der Waals surface area contributed by atoms with Crippen molar-refractivity contribution >= 4 is 10.9 Å². The second kappa shape index (κ2) is 6.20. The largest absolute Gasteiger partial charge is 0.389 e. The summed E-state index contributed by atoms with van der Waals surface area (Å²) in [4.78, 5) is 6.05. The van der Waals surface area contributed by atoms with Gasteiger partial charge in [-0.25, -0.2) is 0 Å². The Labute approximate surface area is 152 Å². The maximum atomic E-state index is 3.91. The molecule has 3 aromatic rings. The highest BCUT2D eigenvalue weighted by molar-refractivity contribution is 5.85. The quantitative estimate of drug-likeness (QED) is 0.744. The standard InChI is InChI=1S/C20H24N6/c1-2-16-7-15-9-21-11-20(15)26(16)6-5-14-10-22-19-4-3-17(8-18(14)19)25-12-23-24-13-25/h3-4,8,10-13,15-16,21-22H,2,5-7,9H2,1H3. The molecule has 1 saturated heterocycles. The smallest absolute Gasteiger partial charge is 0.123 e. The minimum Gasteiger partial charge on any atom is -0.389 e. The molecule has 0 amide bonds. The zero-order valence-corrected chi connectivity index (χ0v) is 15.0. The zero-order valence-electron chi connectivity index (χ0n) is 15.0. The van der Waals surface area contributed by atoms with Crippen molar-refractivity contribution in [1.29, 1.82) is 0 Å². The second-order valence-electron chi connectivity index (χ2n) is 7.33. The van der Waals surface area contributed by atoms with E-state index in [4.69, 9.17) is 0 Å². The first kappa shape index (κ1) is 15.5. The molecule has 0 saturated carbocycles. The topological polar surface area (TPSA) is 61.8 Å². The zero-order chi connectivity index (χ0) is 17.5. The number of likely N-dealkylation sites (tertiary alicyclic amines) is 1. The van der Waals surface area contributed by atoms with Crippen molar-refractivity contribution < 1.29 is 0 Å². The lowest BCUT2D eigenvalue weighted by Gasteiger charge is -2.26. The third-order valence-electron chi connectivity index (χ3n) is 5.92. The van der Waals surface area contributed by atoms with E-state index < -0.39 is 0 Å². The maximum Gasteiger partial charge on any atom is 0.123 e. The van der Waals surface area contributed by atoms with Gasteiger partial charge in [0.15, 0.2) is 0 Å². The van der Waals surface area contributed by atoms with Gasteiger partial charge in [0.25, 0.3) is 0 Å². The molecule has 134 valence electrons. The Bertz CT molecular complexity index is 939. The van der Waals surface area contributed by atoms with Crippen LogP contribution >= 0.6 is 0 Å². The fraction of sp³-hybridized carbons (Fsp3) is 0.400. The number of rotatable bonds is 5. The predicted molar refractivity (Wildman–Crippen MR) is 102 cm³/mol. The van der Waals surface area contributed by atoms with E-state index in [1.54, 1.807) is 12.7 Å². The summed E-state index contributed by atoms with van der Waals surface area (Å²) in [5, 5.41) is 12.5. The molecule has 2 unspecified atom stereocenters. The van der Waals surface area contributed by atoms with Crippen LogP contribution < -0.4 is 5.32 Å². The van der Waals surface area contributed by atoms with Crippen LogP contribution in [0.4, 0.5) is 0 Å². The number of hydrogen-bond acceptors (Lipinski definition) is 4. The van der Waals surface area contributed by atoms with Crippen LogP contribution in [-0.4, -0.2) is 43.8 Å². The van der Waals surface area contributed by atoms with Gasteiger partial charge >= 0.3 is 0 Å². The van der Waals surface area contributed by atoms with Crippen LogP contribution in [0.1, 0.15) is 25.3 Å². The fourth-order valence-corrected chi connectivity index (χ4v) is 4.52. The molecule has 2 aliphatic heterocycles. The van der Waals surface area contributed by atoms with Gasteiger partial charge in [-0.2, -0.15) is 0 Å². The molecular weight excluding hydrogens is 324 g/mol. The Kier molecular flexibility index (Phi) is 3.69. The molecule has 0 bridgehead atoms. The average molecular weight is 348 g/mol. The van der Waals surface area contributed by atoms with Crippen LogP contribution in [0.2, 0.25) is 0 Å². The van der Waals surface area contributed by atoms with Crippen LogP contribution in [0.15, 0.2) is 48.9 Å². The Morgan fingerprint density at radius 2 is 2.12 bits per heavy atom. The van der Waals surface area contributed by atoms with Crippen LogP contribution in [0, 0.1) is 5.92 Å². The number of aromatic amines is 1. The minimum absolute atomic E-state index is 0.686. The molecular formula is C20H24N6. The Hall–Kier alpha value is -2.76. The Morgan fingerprint density at radius 1 is 1.23 bits per heavy atom. The molecule has 5 rings (SSSR count). The van der Waals surface area contributed by atoms with E-state index in [0.717, 1.165) is 25.2 Å². The lowest BCUT2D eigenvalue weighted by molar-refractivity contribution is 0.288. The van der Waals surface area contributed by atoms with Gasteiger partial charge in [-0.05, 0) is 43.0 Å². The van der Waals surface area contributed by atoms with Crippen LogP contribution in [-0.2, 0) is 6.42 Å². The van der Waals surface area contributed by atoms with Crippen LogP contribution in [0.5, 0.6) is 0 Å². The lowest BCUT2D eigenvalue weighted by atomic mass is 10.0. The number of aromatic nitrogens is 4. The lowest BCUT2D eigenvalue weighted by Crippen LogP contribution is -2.30. The van der Waals surface area contributed by atoms with Crippen molar-refractivity contribution in [3.63, 3.8) is 0 Å². The monoisotopic (exact) mass is 348 g/mol. The van der Waals surface area contributed by atoms with Crippen molar-refractivity contribution in [2.75, 3.05) is 13.1 Å². The van der Waals surface area contributed by atoms with E-state index >= 15 is 0 Å². The highest BCUT2D eigenvalue weighted by Crippen LogP contribution is 2.36. The first-order valence-electron chi connectivity index (χ1n) is 9.48. The summed E-state index contributed by atoms with van der Waals surface area (Å²) in [5.74, 6) is 0.711. The summed E-state index contributed by atoms with van der Waals surface area (Å²) in [5.41, 5.74) is 5.17. The van der Waals surface area contributed by atoms with E-state index in [0.29, 0.717) is 12.0 Å². The van der Waals surface area contributed by atoms with Gasteiger partial charge in [-0.3, -0.25) is 4.57 Å². The third-order valence-corrected chi connectivity index (χ3v) is 5.92. The van der Waals surface area contributed by atoms with Crippen molar-refractivity contribution in [1.82, 2.24) is 30.0 Å². The second-order valence-corrected chi connectivity index (χ2v) is 7.33. The molecule has 0 radical (unpaired) electrons. The van der Waals surface area contributed by atoms with Gasteiger partial charge in [0.1, 0.15) is 12.7 Å². The fourth-order valence-electron chi connectivity index (χ4n) is 4.52. The minimum atomic E-state index is 0.686. The summed E-state index contributed by atoms with van der Waals surface area (Å²) in [6, 6.07) is 7.15. The summed E-state index contributed by atoms with van der Waals surface area (Å²) < 4.78 is 1.95. The number of nitrogens with zero attached hydrogens (tertiary/aromatic N) is 4. The molecule has 26 heavy (non-hydrogen) atoms. The molecule has 2 aliphatic rings. The molecule has 1 fully saturated rings. The summed E-state index contributed by atoms with van der Waals surface area (Å²) in [7, 11) is 0. The third kappa shape index (κ3) is 2.48. The van der Waals surface area contributed by atoms with E-state index in [2.05, 4.69) is 62.9 Å². The number of nitrogens with one attached hydrogen (secondary N) is 2. The van der Waals surface area contributed by atoms with Crippen molar-refractivity contribution in [2.45, 2.75) is 32.2 Å². The van der Waals surface area contributed by atoms with E-state index in [-0.39, 0.29) is 0 Å². The van der Waals surface area contributed by atoms with Crippen LogP contribution in [0.3, 0.4) is 0 Å². The summed E-state index contributed by atoms with van der Waals surface area (Å²) in [6.45, 7) is 4.49. The predicted octanol–water partition coefficient (Wildman–Crippen LogP) is 2.84. The number of H-pyrrole nitrogens is 1. The molecule has 6 nitrogen and oxygen atoms in total. The Morgan fingerprint density at radius 3 is 2.96 bits per heavy atom. The SMILES string of the molecule is CCC1CC2CNC=C2N1CCc1c[nH]c2ccc(-n3cnnc3)cc12. The highest BCUT2D eigenvalue weighted by Gasteiger charge is 2.36.